The van der Waals surface area contributed by atoms with Crippen LogP contribution in [0.15, 0.2) is 82.6 Å². The number of fused-ring (bicyclic) bond motifs is 2. The van der Waals surface area contributed by atoms with Crippen LogP contribution in [0.1, 0.15) is 11.1 Å². The summed E-state index contributed by atoms with van der Waals surface area (Å²) in [4.78, 5) is -0.601. The van der Waals surface area contributed by atoms with E-state index in [0.717, 1.165) is 10.8 Å². The van der Waals surface area contributed by atoms with E-state index in [4.69, 9.17) is 0 Å². The van der Waals surface area contributed by atoms with Crippen LogP contribution in [0.25, 0.3) is 21.5 Å². The number of benzene rings is 4. The number of rotatable bonds is 4. The maximum atomic E-state index is 12.0. The average Bonchev–Trinajstić information content (AvgIpc) is 2.65. The smallest absolute Gasteiger partial charge is 0.282 e. The Morgan fingerprint density at radius 3 is 1.13 bits per heavy atom. The molecule has 4 aromatic carbocycles. The fourth-order valence-corrected chi connectivity index (χ4v) is 4.97. The van der Waals surface area contributed by atoms with Crippen molar-refractivity contribution in [1.29, 1.82) is 0 Å². The molecule has 170 valence electrons. The summed E-state index contributed by atoms with van der Waals surface area (Å²) in [7, 11) is -9.10. The van der Waals surface area contributed by atoms with Crippen molar-refractivity contribution in [1.82, 2.24) is 0 Å². The quantitative estimate of drug-likeness (QED) is 0.256. The van der Waals surface area contributed by atoms with Crippen molar-refractivity contribution in [3.63, 3.8) is 0 Å². The van der Waals surface area contributed by atoms with Gasteiger partial charge in [-0.25, -0.2) is 0 Å². The first-order valence-corrected chi connectivity index (χ1v) is 11.5. The van der Waals surface area contributed by atoms with E-state index in [0.29, 0.717) is 10.8 Å². The van der Waals surface area contributed by atoms with Crippen LogP contribution in [-0.2, 0) is 71.4 Å². The Morgan fingerprint density at radius 1 is 0.548 bits per heavy atom. The normalized spacial score (nSPS) is 11.7. The maximum Gasteiger partial charge on any atom is 0.294 e. The van der Waals surface area contributed by atoms with Gasteiger partial charge in [-0.05, 0) is 56.9 Å². The first-order valence-electron chi connectivity index (χ1n) is 8.61. The van der Waals surface area contributed by atoms with Gasteiger partial charge in [-0.1, -0.05) is 48.5 Å². The Labute approximate surface area is 211 Å². The topological polar surface area (TPSA) is 109 Å². The molecule has 4 rings (SSSR count). The van der Waals surface area contributed by atoms with E-state index in [-0.39, 0.29) is 72.1 Å². The molecule has 2 N–H and O–H groups in total. The summed E-state index contributed by atoms with van der Waals surface area (Å²) in [6.07, 6.45) is -0.111. The van der Waals surface area contributed by atoms with Gasteiger partial charge in [-0.3, -0.25) is 9.11 Å². The molecule has 31 heavy (non-hydrogen) atoms. The third kappa shape index (κ3) is 5.55. The average molecular weight is 644 g/mol. The minimum absolute atomic E-state index is 0. The Morgan fingerprint density at radius 2 is 0.839 bits per heavy atom. The molecule has 0 saturated carbocycles. The standard InChI is InChI=1S/C21H16O6S2.2Ag/c22-28(23,24)20-12-16-7-3-1-5-14(16)9-18(20)11-19-10-15-6-2-4-8-17(15)13-21(19)29(25,26)27;;/h1-10,12-13H,11H2,(H,22,23,24)(H,25,26,27);;. The van der Waals surface area contributed by atoms with Crippen LogP contribution in [0.2, 0.25) is 0 Å². The molecule has 0 saturated heterocycles. The summed E-state index contributed by atoms with van der Waals surface area (Å²) in [5, 5.41) is 2.72. The number of hydrogen-bond acceptors (Lipinski definition) is 4. The predicted octanol–water partition coefficient (Wildman–Crippen LogP) is 4.07. The van der Waals surface area contributed by atoms with Crippen molar-refractivity contribution < 1.29 is 70.7 Å². The zero-order valence-corrected chi connectivity index (χ0v) is 20.2. The van der Waals surface area contributed by atoms with Gasteiger partial charge in [0.05, 0.1) is 9.79 Å². The fraction of sp³-hybridized carbons (Fsp3) is 0.0476. The van der Waals surface area contributed by atoms with E-state index in [1.165, 1.54) is 12.1 Å². The molecule has 10 heteroatoms. The summed E-state index contributed by atoms with van der Waals surface area (Å²) in [6.45, 7) is 0. The van der Waals surface area contributed by atoms with Crippen molar-refractivity contribution in [2.45, 2.75) is 16.2 Å². The summed E-state index contributed by atoms with van der Waals surface area (Å²) in [6, 6.07) is 20.0. The van der Waals surface area contributed by atoms with Crippen LogP contribution in [-0.4, -0.2) is 25.9 Å². The second kappa shape index (κ2) is 9.68. The molecule has 0 spiro atoms. The maximum absolute atomic E-state index is 12.0. The molecule has 0 amide bonds. The van der Waals surface area contributed by atoms with Gasteiger partial charge >= 0.3 is 0 Å². The summed E-state index contributed by atoms with van der Waals surface area (Å²) in [5.41, 5.74) is 0.456. The molecule has 0 aliphatic carbocycles. The molecule has 0 aliphatic rings. The molecule has 0 atom stereocenters. The third-order valence-electron chi connectivity index (χ3n) is 4.79. The van der Waals surface area contributed by atoms with Gasteiger partial charge in [0.25, 0.3) is 20.2 Å². The van der Waals surface area contributed by atoms with E-state index < -0.39 is 20.2 Å². The van der Waals surface area contributed by atoms with Crippen LogP contribution in [0.4, 0.5) is 0 Å². The first-order chi connectivity index (χ1) is 13.6. The van der Waals surface area contributed by atoms with Gasteiger partial charge in [-0.2, -0.15) is 16.8 Å². The minimum atomic E-state index is -4.55. The molecule has 0 heterocycles. The van der Waals surface area contributed by atoms with E-state index >= 15 is 0 Å². The Kier molecular flexibility index (Phi) is 8.10. The molecule has 0 aliphatic heterocycles. The Bertz CT molecular complexity index is 1370. The minimum Gasteiger partial charge on any atom is -0.282 e. The summed E-state index contributed by atoms with van der Waals surface area (Å²) in [5.74, 6) is 0. The van der Waals surface area contributed by atoms with Gasteiger partial charge < -0.3 is 0 Å². The number of hydrogen-bond donors (Lipinski definition) is 2. The van der Waals surface area contributed by atoms with Crippen molar-refractivity contribution in [3.8, 4) is 0 Å². The zero-order valence-electron chi connectivity index (χ0n) is 15.6. The van der Waals surface area contributed by atoms with Gasteiger partial charge in [0.2, 0.25) is 0 Å². The van der Waals surface area contributed by atoms with Gasteiger partial charge in [-0.15, -0.1) is 0 Å². The second-order valence-electron chi connectivity index (χ2n) is 6.74. The Balaban J connectivity index is 0.00000171. The van der Waals surface area contributed by atoms with Gasteiger partial charge in [0, 0.05) is 51.2 Å². The van der Waals surface area contributed by atoms with Gasteiger partial charge in [0.1, 0.15) is 0 Å². The first kappa shape index (κ1) is 26.0. The van der Waals surface area contributed by atoms with Crippen molar-refractivity contribution in [3.05, 3.63) is 83.9 Å². The van der Waals surface area contributed by atoms with Crippen LogP contribution in [0, 0.1) is 0 Å². The van der Waals surface area contributed by atoms with Crippen molar-refractivity contribution in [2.75, 3.05) is 0 Å². The van der Waals surface area contributed by atoms with Crippen LogP contribution in [0.5, 0.6) is 0 Å². The van der Waals surface area contributed by atoms with Crippen LogP contribution < -0.4 is 0 Å². The van der Waals surface area contributed by atoms with Crippen LogP contribution >= 0.6 is 0 Å². The molecule has 4 aromatic rings. The van der Waals surface area contributed by atoms with E-state index in [1.54, 1.807) is 60.7 Å². The van der Waals surface area contributed by atoms with E-state index in [2.05, 4.69) is 0 Å². The van der Waals surface area contributed by atoms with Crippen LogP contribution in [0.3, 0.4) is 0 Å². The molecule has 0 unspecified atom stereocenters. The van der Waals surface area contributed by atoms with Gasteiger partial charge in [0.15, 0.2) is 0 Å². The predicted molar refractivity (Wildman–Crippen MR) is 110 cm³/mol. The van der Waals surface area contributed by atoms with Crippen molar-refractivity contribution in [2.24, 2.45) is 0 Å². The molecule has 6 nitrogen and oxygen atoms in total. The van der Waals surface area contributed by atoms with Crippen molar-refractivity contribution >= 4 is 41.8 Å². The molecule has 0 fully saturated rings. The summed E-state index contributed by atoms with van der Waals surface area (Å²) < 4.78 is 67.3. The SMILES string of the molecule is O=S(=O)(O)c1cc2ccccc2cc1Cc1cc2ccccc2cc1S(=O)(=O)O.[Ag].[Ag]. The van der Waals surface area contributed by atoms with E-state index in [9.17, 15) is 25.9 Å². The van der Waals surface area contributed by atoms with E-state index in [1.807, 2.05) is 0 Å². The molecule has 0 aromatic heterocycles. The molecule has 2 radical (unpaired) electrons. The largest absolute Gasteiger partial charge is 0.294 e. The monoisotopic (exact) mass is 642 g/mol. The third-order valence-corrected chi connectivity index (χ3v) is 6.67. The second-order valence-corrected chi connectivity index (χ2v) is 9.52. The molecular weight excluding hydrogens is 628 g/mol. The molecular formula is C21H16Ag2O6S2. The zero-order chi connectivity index (χ0) is 20.8. The summed E-state index contributed by atoms with van der Waals surface area (Å²) >= 11 is 0. The fourth-order valence-electron chi connectivity index (χ4n) is 3.49. The molecule has 0 bridgehead atoms. The Hall–Kier alpha value is -1.30.